The lowest BCUT2D eigenvalue weighted by Crippen LogP contribution is -2.12. The molecule has 1 aromatic carbocycles. The van der Waals surface area contributed by atoms with E-state index in [1.54, 1.807) is 7.11 Å². The number of aliphatic hydroxyl groups is 1. The van der Waals surface area contributed by atoms with Crippen molar-refractivity contribution < 1.29 is 14.6 Å². The third-order valence-electron chi connectivity index (χ3n) is 2.16. The maximum atomic E-state index is 8.72. The summed E-state index contributed by atoms with van der Waals surface area (Å²) in [5, 5.41) is 12.0. The molecule has 0 aliphatic rings. The van der Waals surface area contributed by atoms with Crippen LogP contribution in [0.3, 0.4) is 0 Å². The van der Waals surface area contributed by atoms with Gasteiger partial charge in [-0.1, -0.05) is 13.0 Å². The van der Waals surface area contributed by atoms with Gasteiger partial charge in [0, 0.05) is 6.54 Å². The quantitative estimate of drug-likeness (QED) is 0.731. The molecular weight excluding hydrogens is 206 g/mol. The standard InChI is InChI=1S/C12H19NO3/c1-3-13-9-10-4-5-11(15-2)12(8-10)16-7-6-14/h4-5,8,13-14H,3,6-7,9H2,1-2H3. The maximum absolute atomic E-state index is 8.72. The third kappa shape index (κ3) is 3.72. The van der Waals surface area contributed by atoms with Crippen LogP contribution in [-0.2, 0) is 6.54 Å². The van der Waals surface area contributed by atoms with Crippen LogP contribution in [0.25, 0.3) is 0 Å². The van der Waals surface area contributed by atoms with Gasteiger partial charge >= 0.3 is 0 Å². The van der Waals surface area contributed by atoms with E-state index in [1.165, 1.54) is 0 Å². The fourth-order valence-electron chi connectivity index (χ4n) is 1.37. The lowest BCUT2D eigenvalue weighted by molar-refractivity contribution is 0.196. The molecule has 0 spiro atoms. The highest BCUT2D eigenvalue weighted by molar-refractivity contribution is 5.42. The molecule has 1 rings (SSSR count). The first kappa shape index (κ1) is 12.8. The van der Waals surface area contributed by atoms with Gasteiger partial charge in [0.1, 0.15) is 6.61 Å². The summed E-state index contributed by atoms with van der Waals surface area (Å²) in [6.45, 7) is 4.07. The lowest BCUT2D eigenvalue weighted by Gasteiger charge is -2.11. The van der Waals surface area contributed by atoms with Crippen molar-refractivity contribution in [1.29, 1.82) is 0 Å². The van der Waals surface area contributed by atoms with Crippen molar-refractivity contribution >= 4 is 0 Å². The van der Waals surface area contributed by atoms with Gasteiger partial charge in [-0.3, -0.25) is 0 Å². The van der Waals surface area contributed by atoms with Gasteiger partial charge < -0.3 is 19.9 Å². The van der Waals surface area contributed by atoms with E-state index in [-0.39, 0.29) is 13.2 Å². The second-order valence-electron chi connectivity index (χ2n) is 3.34. The van der Waals surface area contributed by atoms with Gasteiger partial charge in [0.15, 0.2) is 11.5 Å². The summed E-state index contributed by atoms with van der Waals surface area (Å²) in [6, 6.07) is 5.80. The first-order valence-corrected chi connectivity index (χ1v) is 5.43. The second kappa shape index (κ2) is 7.09. The van der Waals surface area contributed by atoms with E-state index in [2.05, 4.69) is 12.2 Å². The van der Waals surface area contributed by atoms with E-state index in [9.17, 15) is 0 Å². The number of hydrogen-bond donors (Lipinski definition) is 2. The number of aliphatic hydroxyl groups excluding tert-OH is 1. The molecule has 0 heterocycles. The first-order chi connectivity index (χ1) is 7.81. The van der Waals surface area contributed by atoms with Crippen LogP contribution in [0, 0.1) is 0 Å². The van der Waals surface area contributed by atoms with Crippen molar-refractivity contribution in [2.24, 2.45) is 0 Å². The fourth-order valence-corrected chi connectivity index (χ4v) is 1.37. The van der Waals surface area contributed by atoms with Crippen molar-refractivity contribution in [3.05, 3.63) is 23.8 Å². The summed E-state index contributed by atoms with van der Waals surface area (Å²) < 4.78 is 10.6. The molecular formula is C12H19NO3. The number of rotatable bonds is 7. The zero-order valence-electron chi connectivity index (χ0n) is 9.82. The monoisotopic (exact) mass is 225 g/mol. The molecule has 0 saturated heterocycles. The molecule has 0 aliphatic carbocycles. The maximum Gasteiger partial charge on any atom is 0.161 e. The minimum atomic E-state index is 0.000587. The van der Waals surface area contributed by atoms with Gasteiger partial charge in [0.2, 0.25) is 0 Å². The van der Waals surface area contributed by atoms with E-state index < -0.39 is 0 Å². The largest absolute Gasteiger partial charge is 0.493 e. The SMILES string of the molecule is CCNCc1ccc(OC)c(OCCO)c1. The fraction of sp³-hybridized carbons (Fsp3) is 0.500. The van der Waals surface area contributed by atoms with Crippen molar-refractivity contribution in [3.8, 4) is 11.5 Å². The van der Waals surface area contributed by atoms with Crippen LogP contribution in [0.4, 0.5) is 0 Å². The minimum absolute atomic E-state index is 0.000587. The van der Waals surface area contributed by atoms with Crippen LogP contribution in [0.15, 0.2) is 18.2 Å². The first-order valence-electron chi connectivity index (χ1n) is 5.43. The van der Waals surface area contributed by atoms with Gasteiger partial charge in [-0.05, 0) is 24.2 Å². The number of hydrogen-bond acceptors (Lipinski definition) is 4. The van der Waals surface area contributed by atoms with Crippen molar-refractivity contribution in [2.45, 2.75) is 13.5 Å². The Morgan fingerprint density at radius 2 is 2.12 bits per heavy atom. The molecule has 0 aliphatic heterocycles. The Bertz CT molecular complexity index is 315. The summed E-state index contributed by atoms with van der Waals surface area (Å²) in [5.74, 6) is 1.36. The summed E-state index contributed by atoms with van der Waals surface area (Å²) >= 11 is 0. The van der Waals surface area contributed by atoms with E-state index in [4.69, 9.17) is 14.6 Å². The highest BCUT2D eigenvalue weighted by Gasteiger charge is 2.05. The van der Waals surface area contributed by atoms with Crippen molar-refractivity contribution in [1.82, 2.24) is 5.32 Å². The molecule has 90 valence electrons. The number of ether oxygens (including phenoxy) is 2. The van der Waals surface area contributed by atoms with Crippen molar-refractivity contribution in [2.75, 3.05) is 26.9 Å². The Balaban J connectivity index is 2.74. The predicted molar refractivity (Wildman–Crippen MR) is 63.0 cm³/mol. The Morgan fingerprint density at radius 1 is 1.31 bits per heavy atom. The van der Waals surface area contributed by atoms with Crippen molar-refractivity contribution in [3.63, 3.8) is 0 Å². The average molecular weight is 225 g/mol. The molecule has 0 unspecified atom stereocenters. The van der Waals surface area contributed by atoms with E-state index >= 15 is 0 Å². The summed E-state index contributed by atoms with van der Waals surface area (Å²) in [7, 11) is 1.60. The van der Waals surface area contributed by atoms with E-state index in [0.717, 1.165) is 18.7 Å². The third-order valence-corrected chi connectivity index (χ3v) is 2.16. The molecule has 0 atom stereocenters. The molecule has 0 aromatic heterocycles. The lowest BCUT2D eigenvalue weighted by atomic mass is 10.2. The van der Waals surface area contributed by atoms with Crippen LogP contribution in [0.1, 0.15) is 12.5 Å². The van der Waals surface area contributed by atoms with Gasteiger partial charge in [0.05, 0.1) is 13.7 Å². The van der Waals surface area contributed by atoms with Crippen LogP contribution < -0.4 is 14.8 Å². The average Bonchev–Trinajstić information content (AvgIpc) is 2.33. The summed E-state index contributed by atoms with van der Waals surface area (Å²) in [5.41, 5.74) is 1.13. The topological polar surface area (TPSA) is 50.7 Å². The molecule has 1 aromatic rings. The minimum Gasteiger partial charge on any atom is -0.493 e. The van der Waals surface area contributed by atoms with Crippen LogP contribution >= 0.6 is 0 Å². The van der Waals surface area contributed by atoms with Crippen LogP contribution in [-0.4, -0.2) is 32.0 Å². The molecule has 0 fully saturated rings. The molecule has 2 N–H and O–H groups in total. The van der Waals surface area contributed by atoms with E-state index in [0.29, 0.717) is 11.5 Å². The Labute approximate surface area is 96.2 Å². The molecule has 16 heavy (non-hydrogen) atoms. The highest BCUT2D eigenvalue weighted by Crippen LogP contribution is 2.27. The molecule has 0 bridgehead atoms. The Morgan fingerprint density at radius 3 is 2.75 bits per heavy atom. The number of nitrogens with one attached hydrogen (secondary N) is 1. The number of benzene rings is 1. The van der Waals surface area contributed by atoms with Crippen LogP contribution in [0.5, 0.6) is 11.5 Å². The zero-order chi connectivity index (χ0) is 11.8. The predicted octanol–water partition coefficient (Wildman–Crippen LogP) is 1.18. The van der Waals surface area contributed by atoms with Gasteiger partial charge in [0.25, 0.3) is 0 Å². The summed E-state index contributed by atoms with van der Waals surface area (Å²) in [4.78, 5) is 0. The van der Waals surface area contributed by atoms with Crippen LogP contribution in [0.2, 0.25) is 0 Å². The molecule has 4 nitrogen and oxygen atoms in total. The normalized spacial score (nSPS) is 10.2. The molecule has 0 saturated carbocycles. The Hall–Kier alpha value is -1.26. The van der Waals surface area contributed by atoms with Gasteiger partial charge in [-0.2, -0.15) is 0 Å². The van der Waals surface area contributed by atoms with E-state index in [1.807, 2.05) is 18.2 Å². The smallest absolute Gasteiger partial charge is 0.161 e. The summed E-state index contributed by atoms with van der Waals surface area (Å²) in [6.07, 6.45) is 0. The van der Waals surface area contributed by atoms with Gasteiger partial charge in [-0.15, -0.1) is 0 Å². The molecule has 0 amide bonds. The highest BCUT2D eigenvalue weighted by atomic mass is 16.5. The van der Waals surface area contributed by atoms with Gasteiger partial charge in [-0.25, -0.2) is 0 Å². The second-order valence-corrected chi connectivity index (χ2v) is 3.34. The molecule has 0 radical (unpaired) electrons. The Kier molecular flexibility index (Phi) is 5.67. The molecule has 4 heteroatoms. The number of methoxy groups -OCH3 is 1. The zero-order valence-corrected chi connectivity index (χ0v) is 9.82.